The molecule has 4 nitrogen and oxygen atoms in total. The number of ether oxygens (including phenoxy) is 1. The number of likely N-dealkylation sites (tertiary alicyclic amines) is 1. The summed E-state index contributed by atoms with van der Waals surface area (Å²) in [7, 11) is 6.03. The van der Waals surface area contributed by atoms with E-state index in [0.717, 1.165) is 43.1 Å². The molecule has 0 aliphatic carbocycles. The Labute approximate surface area is 149 Å². The number of anilines is 2. The van der Waals surface area contributed by atoms with Crippen LogP contribution >= 0.6 is 0 Å². The summed E-state index contributed by atoms with van der Waals surface area (Å²) in [6.07, 6.45) is 2.32. The van der Waals surface area contributed by atoms with Gasteiger partial charge in [0, 0.05) is 24.6 Å². The van der Waals surface area contributed by atoms with E-state index < -0.39 is 0 Å². The summed E-state index contributed by atoms with van der Waals surface area (Å²) >= 11 is 0. The Morgan fingerprint density at radius 1 is 1.00 bits per heavy atom. The quantitative estimate of drug-likeness (QED) is 0.822. The fourth-order valence-corrected chi connectivity index (χ4v) is 3.90. The summed E-state index contributed by atoms with van der Waals surface area (Å²) in [5.74, 6) is 1.35. The topological polar surface area (TPSA) is 28.1 Å². The molecule has 0 unspecified atom stereocenters. The van der Waals surface area contributed by atoms with Crippen LogP contribution in [0.1, 0.15) is 18.4 Å². The van der Waals surface area contributed by atoms with Gasteiger partial charge < -0.3 is 14.5 Å². The first-order valence-corrected chi connectivity index (χ1v) is 8.95. The number of hydrogen-bond donors (Lipinski definition) is 0. The van der Waals surface area contributed by atoms with Gasteiger partial charge in [-0.25, -0.2) is 0 Å². The normalized spacial score (nSPS) is 18.2. The zero-order valence-electron chi connectivity index (χ0n) is 15.2. The van der Waals surface area contributed by atoms with E-state index in [9.17, 15) is 0 Å². The van der Waals surface area contributed by atoms with Crippen LogP contribution < -0.4 is 9.64 Å². The second kappa shape index (κ2) is 6.52. The van der Waals surface area contributed by atoms with E-state index in [2.05, 4.69) is 54.2 Å². The van der Waals surface area contributed by atoms with Gasteiger partial charge in [0.15, 0.2) is 0 Å². The van der Waals surface area contributed by atoms with Crippen molar-refractivity contribution in [2.75, 3.05) is 39.2 Å². The Morgan fingerprint density at radius 2 is 1.76 bits per heavy atom. The first kappa shape index (κ1) is 16.2. The van der Waals surface area contributed by atoms with Crippen LogP contribution in [0.5, 0.6) is 5.75 Å². The average molecular weight is 335 g/mol. The lowest BCUT2D eigenvalue weighted by molar-refractivity contribution is 0.252. The van der Waals surface area contributed by atoms with Crippen molar-refractivity contribution in [3.63, 3.8) is 0 Å². The molecule has 0 saturated carbocycles. The molecule has 0 N–H and O–H groups in total. The fraction of sp³-hybridized carbons (Fsp3) is 0.381. The fourth-order valence-electron chi connectivity index (χ4n) is 3.90. The van der Waals surface area contributed by atoms with Gasteiger partial charge in [0.1, 0.15) is 5.75 Å². The van der Waals surface area contributed by atoms with Crippen molar-refractivity contribution in [3.8, 4) is 5.75 Å². The van der Waals surface area contributed by atoms with Crippen molar-refractivity contribution >= 4 is 22.8 Å². The Bertz CT molecular complexity index is 807. The smallest absolute Gasteiger partial charge is 0.121 e. The van der Waals surface area contributed by atoms with Gasteiger partial charge in [0.05, 0.1) is 29.9 Å². The van der Waals surface area contributed by atoms with Crippen molar-refractivity contribution in [1.29, 1.82) is 0 Å². The average Bonchev–Trinajstić information content (AvgIpc) is 2.77. The van der Waals surface area contributed by atoms with Crippen LogP contribution in [0.4, 0.5) is 17.1 Å². The standard InChI is InChI=1S/C21H25N3O/c1-23-12-10-15(11-13-23)21-17-6-4-5-7-19(17)24(2)20-9-8-16(25-3)14-18(20)22-21/h4-9,14-15H,10-13H2,1-3H3. The van der Waals surface area contributed by atoms with Crippen molar-refractivity contribution in [2.45, 2.75) is 12.8 Å². The van der Waals surface area contributed by atoms with Crippen LogP contribution in [0.3, 0.4) is 0 Å². The largest absolute Gasteiger partial charge is 0.497 e. The number of hydrogen-bond acceptors (Lipinski definition) is 4. The maximum atomic E-state index is 5.43. The van der Waals surface area contributed by atoms with E-state index in [-0.39, 0.29) is 0 Å². The van der Waals surface area contributed by atoms with Crippen molar-refractivity contribution in [3.05, 3.63) is 48.0 Å². The van der Waals surface area contributed by atoms with Crippen LogP contribution in [-0.4, -0.2) is 44.9 Å². The first-order valence-electron chi connectivity index (χ1n) is 8.95. The third kappa shape index (κ3) is 2.91. The molecule has 0 bridgehead atoms. The highest BCUT2D eigenvalue weighted by Gasteiger charge is 2.28. The third-order valence-corrected chi connectivity index (χ3v) is 5.43. The van der Waals surface area contributed by atoms with Gasteiger partial charge >= 0.3 is 0 Å². The Morgan fingerprint density at radius 3 is 2.52 bits per heavy atom. The molecule has 1 fully saturated rings. The molecule has 0 spiro atoms. The lowest BCUT2D eigenvalue weighted by Crippen LogP contribution is -2.34. The minimum atomic E-state index is 0.503. The van der Waals surface area contributed by atoms with Gasteiger partial charge in [-0.2, -0.15) is 0 Å². The summed E-state index contributed by atoms with van der Waals surface area (Å²) in [6, 6.07) is 14.8. The van der Waals surface area contributed by atoms with Crippen molar-refractivity contribution in [2.24, 2.45) is 10.9 Å². The Hall–Kier alpha value is -2.33. The highest BCUT2D eigenvalue weighted by molar-refractivity contribution is 6.10. The zero-order chi connectivity index (χ0) is 17.4. The minimum Gasteiger partial charge on any atom is -0.497 e. The molecule has 0 aromatic heterocycles. The molecule has 25 heavy (non-hydrogen) atoms. The van der Waals surface area contributed by atoms with Gasteiger partial charge in [0.2, 0.25) is 0 Å². The van der Waals surface area contributed by atoms with Gasteiger partial charge in [-0.3, -0.25) is 4.99 Å². The summed E-state index contributed by atoms with van der Waals surface area (Å²) in [5.41, 5.74) is 5.82. The van der Waals surface area contributed by atoms with Crippen molar-refractivity contribution in [1.82, 2.24) is 4.90 Å². The molecule has 2 heterocycles. The van der Waals surface area contributed by atoms with Gasteiger partial charge in [0.25, 0.3) is 0 Å². The number of benzene rings is 2. The Balaban J connectivity index is 1.87. The number of piperidine rings is 1. The van der Waals surface area contributed by atoms with E-state index in [1.165, 1.54) is 17.0 Å². The molecule has 2 aromatic carbocycles. The maximum absolute atomic E-state index is 5.43. The molecule has 2 aromatic rings. The monoisotopic (exact) mass is 335 g/mol. The number of aliphatic imine (C=N–C) groups is 1. The number of methoxy groups -OCH3 is 1. The highest BCUT2D eigenvalue weighted by atomic mass is 16.5. The van der Waals surface area contributed by atoms with Gasteiger partial charge in [-0.15, -0.1) is 0 Å². The molecule has 0 atom stereocenters. The number of nitrogens with zero attached hydrogens (tertiary/aromatic N) is 3. The van der Waals surface area contributed by atoms with E-state index >= 15 is 0 Å². The lowest BCUT2D eigenvalue weighted by Gasteiger charge is -2.30. The molecule has 4 rings (SSSR count). The van der Waals surface area contributed by atoms with E-state index in [0.29, 0.717) is 5.92 Å². The number of para-hydroxylation sites is 1. The van der Waals surface area contributed by atoms with Gasteiger partial charge in [-0.1, -0.05) is 18.2 Å². The SMILES string of the molecule is COc1ccc2c(c1)N=C(C1CCN(C)CC1)c1ccccc1N2C. The molecular formula is C21H25N3O. The predicted octanol–water partition coefficient (Wildman–Crippen LogP) is 4.24. The number of rotatable bonds is 2. The van der Waals surface area contributed by atoms with Crippen molar-refractivity contribution < 1.29 is 4.74 Å². The van der Waals surface area contributed by atoms with E-state index in [4.69, 9.17) is 9.73 Å². The lowest BCUT2D eigenvalue weighted by atomic mass is 9.87. The Kier molecular flexibility index (Phi) is 4.22. The molecule has 0 radical (unpaired) electrons. The molecule has 130 valence electrons. The predicted molar refractivity (Wildman–Crippen MR) is 104 cm³/mol. The summed E-state index contributed by atoms with van der Waals surface area (Å²) in [5, 5.41) is 0. The van der Waals surface area contributed by atoms with Gasteiger partial charge in [-0.05, 0) is 51.2 Å². The second-order valence-corrected chi connectivity index (χ2v) is 7.01. The highest BCUT2D eigenvalue weighted by Crippen LogP contribution is 2.42. The molecule has 2 aliphatic heterocycles. The molecular weight excluding hydrogens is 310 g/mol. The second-order valence-electron chi connectivity index (χ2n) is 7.01. The summed E-state index contributed by atoms with van der Waals surface area (Å²) < 4.78 is 5.43. The first-order chi connectivity index (χ1) is 12.2. The zero-order valence-corrected chi connectivity index (χ0v) is 15.2. The van der Waals surface area contributed by atoms with Crippen LogP contribution in [0, 0.1) is 5.92 Å². The van der Waals surface area contributed by atoms with E-state index in [1.54, 1.807) is 7.11 Å². The van der Waals surface area contributed by atoms with Crippen LogP contribution in [-0.2, 0) is 0 Å². The molecule has 4 heteroatoms. The van der Waals surface area contributed by atoms with Crippen LogP contribution in [0.15, 0.2) is 47.5 Å². The molecule has 2 aliphatic rings. The minimum absolute atomic E-state index is 0.503. The molecule has 0 amide bonds. The molecule has 1 saturated heterocycles. The summed E-state index contributed by atoms with van der Waals surface area (Å²) in [4.78, 5) is 9.82. The third-order valence-electron chi connectivity index (χ3n) is 5.43. The number of fused-ring (bicyclic) bond motifs is 2. The maximum Gasteiger partial charge on any atom is 0.121 e. The summed E-state index contributed by atoms with van der Waals surface area (Å²) in [6.45, 7) is 2.26. The van der Waals surface area contributed by atoms with Crippen LogP contribution in [0.25, 0.3) is 0 Å². The van der Waals surface area contributed by atoms with E-state index in [1.807, 2.05) is 12.1 Å². The van der Waals surface area contributed by atoms with Crippen LogP contribution in [0.2, 0.25) is 0 Å².